The van der Waals surface area contributed by atoms with Crippen molar-refractivity contribution in [2.45, 2.75) is 25.4 Å². The molecule has 1 fully saturated rings. The lowest BCUT2D eigenvalue weighted by atomic mass is 10.0. The summed E-state index contributed by atoms with van der Waals surface area (Å²) >= 11 is 0. The van der Waals surface area contributed by atoms with Gasteiger partial charge in [0.05, 0.1) is 5.92 Å². The predicted molar refractivity (Wildman–Crippen MR) is 39.8 cm³/mol. The molecule has 3 atom stereocenters. The lowest BCUT2D eigenvalue weighted by Crippen LogP contribution is -2.35. The second-order valence-corrected chi connectivity index (χ2v) is 3.03. The van der Waals surface area contributed by atoms with E-state index in [9.17, 15) is 9.59 Å². The van der Waals surface area contributed by atoms with Gasteiger partial charge >= 0.3 is 11.9 Å². The number of rotatable bonds is 2. The molecule has 0 aromatic carbocycles. The molecule has 1 aliphatic rings. The Labute approximate surface area is 69.4 Å². The van der Waals surface area contributed by atoms with E-state index < -0.39 is 23.9 Å². The van der Waals surface area contributed by atoms with Crippen molar-refractivity contribution in [3.05, 3.63) is 0 Å². The summed E-state index contributed by atoms with van der Waals surface area (Å²) in [5.74, 6) is -2.49. The first-order valence-corrected chi connectivity index (χ1v) is 3.74. The van der Waals surface area contributed by atoms with Gasteiger partial charge < -0.3 is 15.5 Å². The second-order valence-electron chi connectivity index (χ2n) is 3.03. The molecule has 1 heterocycles. The fraction of sp³-hybridized carbons (Fsp3) is 0.714. The van der Waals surface area contributed by atoms with Crippen LogP contribution in [0.4, 0.5) is 0 Å². The third kappa shape index (κ3) is 1.55. The zero-order chi connectivity index (χ0) is 9.30. The molecule has 1 rings (SSSR count). The zero-order valence-electron chi connectivity index (χ0n) is 6.65. The highest BCUT2D eigenvalue weighted by Crippen LogP contribution is 2.20. The first-order valence-electron chi connectivity index (χ1n) is 3.74. The number of aliphatic carboxylic acids is 2. The minimum absolute atomic E-state index is 0.172. The molecule has 68 valence electrons. The van der Waals surface area contributed by atoms with Crippen molar-refractivity contribution in [1.29, 1.82) is 0 Å². The highest BCUT2D eigenvalue weighted by atomic mass is 16.4. The van der Waals surface area contributed by atoms with Crippen LogP contribution >= 0.6 is 0 Å². The second kappa shape index (κ2) is 3.10. The van der Waals surface area contributed by atoms with Crippen LogP contribution < -0.4 is 5.32 Å². The summed E-state index contributed by atoms with van der Waals surface area (Å²) in [5, 5.41) is 19.9. The third-order valence-corrected chi connectivity index (χ3v) is 2.17. The van der Waals surface area contributed by atoms with Crippen LogP contribution in [0.3, 0.4) is 0 Å². The number of carbonyl (C=O) groups is 2. The maximum atomic E-state index is 10.5. The zero-order valence-corrected chi connectivity index (χ0v) is 6.65. The van der Waals surface area contributed by atoms with Gasteiger partial charge in [-0.3, -0.25) is 9.59 Å². The van der Waals surface area contributed by atoms with Crippen LogP contribution in [-0.4, -0.2) is 34.2 Å². The Balaban J connectivity index is 2.62. The van der Waals surface area contributed by atoms with Gasteiger partial charge in [0.2, 0.25) is 0 Å². The van der Waals surface area contributed by atoms with E-state index in [0.717, 1.165) is 0 Å². The largest absolute Gasteiger partial charge is 0.481 e. The molecule has 0 saturated carbocycles. The normalized spacial score (nSPS) is 34.9. The number of hydrogen-bond acceptors (Lipinski definition) is 3. The molecule has 0 radical (unpaired) electrons. The highest BCUT2D eigenvalue weighted by molar-refractivity contribution is 5.78. The molecule has 3 N–H and O–H groups in total. The van der Waals surface area contributed by atoms with E-state index >= 15 is 0 Å². The van der Waals surface area contributed by atoms with E-state index in [1.807, 2.05) is 0 Å². The molecule has 5 heteroatoms. The molecule has 1 aliphatic heterocycles. The van der Waals surface area contributed by atoms with Crippen molar-refractivity contribution in [2.75, 3.05) is 0 Å². The lowest BCUT2D eigenvalue weighted by molar-refractivity contribution is -0.142. The summed E-state index contributed by atoms with van der Waals surface area (Å²) in [7, 11) is 0. The molecule has 0 amide bonds. The van der Waals surface area contributed by atoms with Crippen molar-refractivity contribution in [1.82, 2.24) is 5.32 Å². The standard InChI is InChI=1S/C7H11NO4/c1-3-4(6(9)10)2-5(8-3)7(11)12/h3-5,8H,2H2,1H3,(H,9,10)(H,11,12)/t3-,4+,5-/m0/s1. The summed E-state index contributed by atoms with van der Waals surface area (Å²) in [6.07, 6.45) is 0.172. The van der Waals surface area contributed by atoms with E-state index in [4.69, 9.17) is 10.2 Å². The first kappa shape index (κ1) is 8.99. The van der Waals surface area contributed by atoms with Crippen molar-refractivity contribution in [2.24, 2.45) is 5.92 Å². The molecule has 0 aromatic rings. The Hall–Kier alpha value is -1.10. The topological polar surface area (TPSA) is 86.6 Å². The van der Waals surface area contributed by atoms with Crippen LogP contribution in [0.25, 0.3) is 0 Å². The minimum atomic E-state index is -0.981. The number of nitrogens with one attached hydrogen (secondary N) is 1. The van der Waals surface area contributed by atoms with Gasteiger partial charge in [-0.25, -0.2) is 0 Å². The fourth-order valence-corrected chi connectivity index (χ4v) is 1.45. The molecular formula is C7H11NO4. The summed E-state index contributed by atoms with van der Waals surface area (Å²) in [6.45, 7) is 1.68. The summed E-state index contributed by atoms with van der Waals surface area (Å²) in [4.78, 5) is 21.0. The van der Waals surface area contributed by atoms with Crippen LogP contribution in [0.15, 0.2) is 0 Å². The molecule has 0 spiro atoms. The molecular weight excluding hydrogens is 162 g/mol. The monoisotopic (exact) mass is 173 g/mol. The van der Waals surface area contributed by atoms with Crippen LogP contribution in [-0.2, 0) is 9.59 Å². The Bertz CT molecular complexity index is 215. The fourth-order valence-electron chi connectivity index (χ4n) is 1.45. The average molecular weight is 173 g/mol. The Morgan fingerprint density at radius 3 is 2.17 bits per heavy atom. The molecule has 1 saturated heterocycles. The number of carboxylic acid groups (broad SMARTS) is 2. The molecule has 5 nitrogen and oxygen atoms in total. The van der Waals surface area contributed by atoms with E-state index in [1.165, 1.54) is 0 Å². The Morgan fingerprint density at radius 2 is 1.92 bits per heavy atom. The van der Waals surface area contributed by atoms with Gasteiger partial charge in [0.1, 0.15) is 6.04 Å². The predicted octanol–water partition coefficient (Wildman–Crippen LogP) is -0.478. The molecule has 0 aliphatic carbocycles. The maximum absolute atomic E-state index is 10.5. The van der Waals surface area contributed by atoms with Crippen molar-refractivity contribution < 1.29 is 19.8 Å². The van der Waals surface area contributed by atoms with Crippen LogP contribution in [0.2, 0.25) is 0 Å². The van der Waals surface area contributed by atoms with Gasteiger partial charge in [-0.2, -0.15) is 0 Å². The smallest absolute Gasteiger partial charge is 0.320 e. The summed E-state index contributed by atoms with van der Waals surface area (Å²) in [6, 6.07) is -0.968. The van der Waals surface area contributed by atoms with Gasteiger partial charge in [-0.05, 0) is 13.3 Å². The molecule has 0 aromatic heterocycles. The van der Waals surface area contributed by atoms with E-state index in [1.54, 1.807) is 6.92 Å². The molecule has 0 bridgehead atoms. The van der Waals surface area contributed by atoms with Crippen LogP contribution in [0, 0.1) is 5.92 Å². The quantitative estimate of drug-likeness (QED) is 0.525. The molecule has 0 unspecified atom stereocenters. The van der Waals surface area contributed by atoms with E-state index in [-0.39, 0.29) is 12.5 Å². The van der Waals surface area contributed by atoms with Gasteiger partial charge in [-0.15, -0.1) is 0 Å². The van der Waals surface area contributed by atoms with Crippen molar-refractivity contribution in [3.63, 3.8) is 0 Å². The highest BCUT2D eigenvalue weighted by Gasteiger charge is 2.38. The van der Waals surface area contributed by atoms with Crippen molar-refractivity contribution >= 4 is 11.9 Å². The van der Waals surface area contributed by atoms with Gasteiger partial charge in [0.25, 0.3) is 0 Å². The van der Waals surface area contributed by atoms with Gasteiger partial charge in [0, 0.05) is 6.04 Å². The SMILES string of the molecule is C[C@@H]1N[C@H](C(=O)O)C[C@H]1C(=O)O. The maximum Gasteiger partial charge on any atom is 0.320 e. The Morgan fingerprint density at radius 1 is 1.33 bits per heavy atom. The number of hydrogen-bond donors (Lipinski definition) is 3. The Kier molecular flexibility index (Phi) is 2.32. The summed E-state index contributed by atoms with van der Waals surface area (Å²) < 4.78 is 0. The molecule has 12 heavy (non-hydrogen) atoms. The third-order valence-electron chi connectivity index (χ3n) is 2.17. The average Bonchev–Trinajstić information content (AvgIpc) is 2.30. The van der Waals surface area contributed by atoms with E-state index in [0.29, 0.717) is 0 Å². The van der Waals surface area contributed by atoms with E-state index in [2.05, 4.69) is 5.32 Å². The number of carboxylic acids is 2. The van der Waals surface area contributed by atoms with Crippen molar-refractivity contribution in [3.8, 4) is 0 Å². The minimum Gasteiger partial charge on any atom is -0.481 e. The van der Waals surface area contributed by atoms with Gasteiger partial charge in [-0.1, -0.05) is 0 Å². The first-order chi connectivity index (χ1) is 5.52. The van der Waals surface area contributed by atoms with Gasteiger partial charge in [0.15, 0.2) is 0 Å². The summed E-state index contributed by atoms with van der Waals surface area (Å²) in [5.41, 5.74) is 0. The lowest BCUT2D eigenvalue weighted by Gasteiger charge is -2.07. The van der Waals surface area contributed by atoms with Crippen LogP contribution in [0.1, 0.15) is 13.3 Å². The van der Waals surface area contributed by atoms with Crippen LogP contribution in [0.5, 0.6) is 0 Å².